The molecule has 0 aliphatic heterocycles. The Hall–Kier alpha value is -1.07. The monoisotopic (exact) mass is 168 g/mol. The van der Waals surface area contributed by atoms with Gasteiger partial charge in [-0.3, -0.25) is 4.57 Å². The number of rotatable bonds is 2. The number of nitrogens with zero attached hydrogens (tertiary/aromatic N) is 2. The number of hydrogen-bond acceptors (Lipinski definition) is 1. The summed E-state index contributed by atoms with van der Waals surface area (Å²) in [7, 11) is 0. The van der Waals surface area contributed by atoms with Gasteiger partial charge in [0.05, 0.1) is 12.5 Å². The van der Waals surface area contributed by atoms with E-state index >= 15 is 0 Å². The zero-order valence-electron chi connectivity index (χ0n) is 5.22. The number of alkyl halides is 4. The molecule has 6 heteroatoms. The first kappa shape index (κ1) is 8.03. The fraction of sp³-hybridized carbons (Fsp3) is 0.400. The van der Waals surface area contributed by atoms with Crippen LogP contribution in [0, 0.1) is 0 Å². The van der Waals surface area contributed by atoms with Gasteiger partial charge in [-0.05, 0) is 0 Å². The van der Waals surface area contributed by atoms with Crippen LogP contribution >= 0.6 is 0 Å². The molecular formula is C5H4F4N2. The van der Waals surface area contributed by atoms with Crippen LogP contribution in [-0.2, 0) is 0 Å². The third-order valence-corrected chi connectivity index (χ3v) is 1.13. The quantitative estimate of drug-likeness (QED) is 0.619. The van der Waals surface area contributed by atoms with E-state index in [0.717, 1.165) is 6.20 Å². The Balaban J connectivity index is 2.96. The van der Waals surface area contributed by atoms with Gasteiger partial charge in [0.25, 0.3) is 6.43 Å². The smallest absolute Gasteiger partial charge is 0.272 e. The topological polar surface area (TPSA) is 17.8 Å². The van der Waals surface area contributed by atoms with Gasteiger partial charge in [0.1, 0.15) is 5.69 Å². The van der Waals surface area contributed by atoms with Crippen LogP contribution in [0.15, 0.2) is 12.5 Å². The lowest BCUT2D eigenvalue weighted by molar-refractivity contribution is 0.0501. The maximum Gasteiger partial charge on any atom is 0.320 e. The van der Waals surface area contributed by atoms with E-state index in [4.69, 9.17) is 0 Å². The summed E-state index contributed by atoms with van der Waals surface area (Å²) in [6.45, 7) is -2.96. The Kier molecular flexibility index (Phi) is 2.11. The highest BCUT2D eigenvalue weighted by molar-refractivity contribution is 4.99. The number of imidazole rings is 1. The molecule has 0 aromatic carbocycles. The molecule has 0 unspecified atom stereocenters. The van der Waals surface area contributed by atoms with Gasteiger partial charge in [-0.1, -0.05) is 0 Å². The molecule has 62 valence electrons. The van der Waals surface area contributed by atoms with Crippen molar-refractivity contribution in [3.63, 3.8) is 0 Å². The van der Waals surface area contributed by atoms with E-state index in [1.165, 1.54) is 0 Å². The molecule has 1 aromatic heterocycles. The third kappa shape index (κ3) is 1.50. The fourth-order valence-corrected chi connectivity index (χ4v) is 0.647. The average molecular weight is 168 g/mol. The largest absolute Gasteiger partial charge is 0.320 e. The molecule has 2 nitrogen and oxygen atoms in total. The van der Waals surface area contributed by atoms with Crippen molar-refractivity contribution in [3.8, 4) is 0 Å². The third-order valence-electron chi connectivity index (χ3n) is 1.13. The predicted octanol–water partition coefficient (Wildman–Crippen LogP) is 2.22. The van der Waals surface area contributed by atoms with Gasteiger partial charge in [0.2, 0.25) is 0 Å². The van der Waals surface area contributed by atoms with Crippen molar-refractivity contribution in [1.29, 1.82) is 0 Å². The molecule has 0 radical (unpaired) electrons. The van der Waals surface area contributed by atoms with Crippen molar-refractivity contribution in [2.45, 2.75) is 13.0 Å². The van der Waals surface area contributed by atoms with Crippen molar-refractivity contribution < 1.29 is 17.6 Å². The second kappa shape index (κ2) is 2.89. The minimum absolute atomic E-state index is 0.130. The fourth-order valence-electron chi connectivity index (χ4n) is 0.647. The van der Waals surface area contributed by atoms with E-state index in [-0.39, 0.29) is 4.57 Å². The molecule has 0 bridgehead atoms. The zero-order valence-corrected chi connectivity index (χ0v) is 5.22. The SMILES string of the molecule is FC(F)c1cncn1C(F)F. The molecule has 0 saturated carbocycles. The average Bonchev–Trinajstić information content (AvgIpc) is 2.32. The maximum absolute atomic E-state index is 11.8. The molecule has 0 N–H and O–H groups in total. The molecule has 0 fully saturated rings. The van der Waals surface area contributed by atoms with Crippen LogP contribution in [0.4, 0.5) is 17.6 Å². The summed E-state index contributed by atoms with van der Waals surface area (Å²) in [5, 5.41) is 0. The highest BCUT2D eigenvalue weighted by atomic mass is 19.3. The molecular weight excluding hydrogens is 164 g/mol. The Bertz CT molecular complexity index is 210. The highest BCUT2D eigenvalue weighted by Crippen LogP contribution is 2.22. The van der Waals surface area contributed by atoms with E-state index in [9.17, 15) is 17.6 Å². The Labute approximate surface area is 59.5 Å². The van der Waals surface area contributed by atoms with Crippen LogP contribution < -0.4 is 0 Å². The summed E-state index contributed by atoms with van der Waals surface area (Å²) in [4.78, 5) is 3.17. The van der Waals surface area contributed by atoms with Crippen molar-refractivity contribution >= 4 is 0 Å². The van der Waals surface area contributed by atoms with Crippen molar-refractivity contribution in [3.05, 3.63) is 18.2 Å². The molecule has 0 atom stereocenters. The highest BCUT2D eigenvalue weighted by Gasteiger charge is 2.17. The first-order valence-corrected chi connectivity index (χ1v) is 2.71. The van der Waals surface area contributed by atoms with E-state index in [1.54, 1.807) is 0 Å². The molecule has 1 rings (SSSR count). The van der Waals surface area contributed by atoms with Gasteiger partial charge < -0.3 is 0 Å². The van der Waals surface area contributed by atoms with Gasteiger partial charge in [-0.2, -0.15) is 8.78 Å². The molecule has 0 saturated heterocycles. The molecule has 0 amide bonds. The minimum atomic E-state index is -2.96. The van der Waals surface area contributed by atoms with E-state index in [0.29, 0.717) is 6.33 Å². The van der Waals surface area contributed by atoms with Crippen molar-refractivity contribution in [1.82, 2.24) is 9.55 Å². The van der Waals surface area contributed by atoms with E-state index in [2.05, 4.69) is 4.98 Å². The summed E-state index contributed by atoms with van der Waals surface area (Å²) in [5.41, 5.74) is -0.764. The maximum atomic E-state index is 11.8. The van der Waals surface area contributed by atoms with Gasteiger partial charge >= 0.3 is 6.55 Å². The number of halogens is 4. The summed E-state index contributed by atoms with van der Waals surface area (Å²) in [6, 6.07) is 0. The Morgan fingerprint density at radius 1 is 1.27 bits per heavy atom. The Morgan fingerprint density at radius 3 is 2.27 bits per heavy atom. The second-order valence-corrected chi connectivity index (χ2v) is 1.80. The standard InChI is InChI=1S/C5H4F4N2/c6-4(7)3-1-10-2-11(3)5(8)9/h1-2,4-5H. The van der Waals surface area contributed by atoms with Crippen LogP contribution in [0.25, 0.3) is 0 Å². The van der Waals surface area contributed by atoms with E-state index < -0.39 is 18.7 Å². The van der Waals surface area contributed by atoms with Gasteiger partial charge in [0, 0.05) is 0 Å². The van der Waals surface area contributed by atoms with Crippen LogP contribution in [-0.4, -0.2) is 9.55 Å². The summed E-state index contributed by atoms with van der Waals surface area (Å²) < 4.78 is 47.4. The number of hydrogen-bond donors (Lipinski definition) is 0. The van der Waals surface area contributed by atoms with Gasteiger partial charge in [-0.25, -0.2) is 13.8 Å². The normalized spacial score (nSPS) is 11.5. The lowest BCUT2D eigenvalue weighted by Gasteiger charge is -2.03. The molecule has 11 heavy (non-hydrogen) atoms. The molecule has 1 heterocycles. The van der Waals surface area contributed by atoms with E-state index in [1.807, 2.05) is 0 Å². The minimum Gasteiger partial charge on any atom is -0.272 e. The van der Waals surface area contributed by atoms with Crippen LogP contribution in [0.1, 0.15) is 18.7 Å². The Morgan fingerprint density at radius 2 is 1.91 bits per heavy atom. The lowest BCUT2D eigenvalue weighted by atomic mass is 10.5. The van der Waals surface area contributed by atoms with Crippen molar-refractivity contribution in [2.75, 3.05) is 0 Å². The molecule has 1 aromatic rings. The first-order valence-electron chi connectivity index (χ1n) is 2.71. The summed E-state index contributed by atoms with van der Waals surface area (Å²) in [5.74, 6) is 0. The zero-order chi connectivity index (χ0) is 8.43. The van der Waals surface area contributed by atoms with Crippen LogP contribution in [0.5, 0.6) is 0 Å². The lowest BCUT2D eigenvalue weighted by Crippen LogP contribution is -2.01. The van der Waals surface area contributed by atoms with Crippen LogP contribution in [0.3, 0.4) is 0 Å². The van der Waals surface area contributed by atoms with Gasteiger partial charge in [0.15, 0.2) is 0 Å². The molecule has 0 spiro atoms. The molecule has 0 aliphatic rings. The first-order chi connectivity index (χ1) is 5.13. The number of aromatic nitrogens is 2. The van der Waals surface area contributed by atoms with Crippen LogP contribution in [0.2, 0.25) is 0 Å². The summed E-state index contributed by atoms with van der Waals surface area (Å²) >= 11 is 0. The van der Waals surface area contributed by atoms with Crippen molar-refractivity contribution in [2.24, 2.45) is 0 Å². The molecule has 0 aliphatic carbocycles. The summed E-state index contributed by atoms with van der Waals surface area (Å²) in [6.07, 6.45) is -1.52. The second-order valence-electron chi connectivity index (χ2n) is 1.80. The predicted molar refractivity (Wildman–Crippen MR) is 28.4 cm³/mol. The van der Waals surface area contributed by atoms with Gasteiger partial charge in [-0.15, -0.1) is 0 Å².